The molecule has 0 fully saturated rings. The van der Waals surface area contributed by atoms with E-state index in [9.17, 15) is 19.8 Å². The summed E-state index contributed by atoms with van der Waals surface area (Å²) in [5.74, 6) is -0.0414. The summed E-state index contributed by atoms with van der Waals surface area (Å²) in [6, 6.07) is -0.624. The lowest BCUT2D eigenvalue weighted by Crippen LogP contribution is -2.45. The standard InChI is InChI=1S/C84H163NO5/c1-3-5-7-9-11-13-15-17-19-20-21-22-40-43-46-49-52-56-60-64-68-72-76-82(87)81(80-86)85-83(88)77-73-69-65-61-57-53-50-47-44-41-38-36-34-32-30-28-26-24-23-25-27-29-31-33-35-37-39-42-45-48-51-55-59-63-67-71-75-79-90-84(89)78-74-70-66-62-58-54-18-16-14-12-10-8-6-4-2/h16,18,72,76,81-82,86-87H,3-15,17,19-71,73-75,77-80H2,1-2H3,(H,85,88)/b18-16-,76-72+. The highest BCUT2D eigenvalue weighted by Crippen LogP contribution is 2.20. The molecule has 0 aromatic carbocycles. The summed E-state index contributed by atoms with van der Waals surface area (Å²) in [6.07, 6.45) is 103. The molecule has 0 aliphatic heterocycles. The average Bonchev–Trinajstić information content (AvgIpc) is 3.68. The molecule has 0 rings (SSSR count). The molecule has 0 saturated heterocycles. The minimum absolute atomic E-state index is 0.0156. The van der Waals surface area contributed by atoms with E-state index in [2.05, 4.69) is 31.3 Å². The van der Waals surface area contributed by atoms with E-state index in [-0.39, 0.29) is 18.5 Å². The monoisotopic (exact) mass is 1270 g/mol. The lowest BCUT2D eigenvalue weighted by Gasteiger charge is -2.20. The smallest absolute Gasteiger partial charge is 0.305 e. The summed E-state index contributed by atoms with van der Waals surface area (Å²) in [5.41, 5.74) is 0. The third kappa shape index (κ3) is 75.4. The molecule has 6 nitrogen and oxygen atoms in total. The van der Waals surface area contributed by atoms with Gasteiger partial charge in [-0.25, -0.2) is 0 Å². The van der Waals surface area contributed by atoms with E-state index in [0.717, 1.165) is 44.9 Å². The van der Waals surface area contributed by atoms with Gasteiger partial charge in [0.1, 0.15) is 0 Å². The number of rotatable bonds is 79. The van der Waals surface area contributed by atoms with Crippen molar-refractivity contribution in [2.45, 2.75) is 488 Å². The Kier molecular flexibility index (Phi) is 78.3. The predicted octanol–water partition coefficient (Wildman–Crippen LogP) is 27.6. The number of carbonyl (C=O) groups is 2. The third-order valence-corrected chi connectivity index (χ3v) is 19.7. The summed E-state index contributed by atoms with van der Waals surface area (Å²) in [6.45, 7) is 4.95. The van der Waals surface area contributed by atoms with Crippen LogP contribution in [0.2, 0.25) is 0 Å². The van der Waals surface area contributed by atoms with E-state index >= 15 is 0 Å². The van der Waals surface area contributed by atoms with Crippen LogP contribution in [0.4, 0.5) is 0 Å². The average molecular weight is 1270 g/mol. The Hall–Kier alpha value is -1.66. The third-order valence-electron chi connectivity index (χ3n) is 19.7. The molecule has 0 bridgehead atoms. The van der Waals surface area contributed by atoms with Crippen molar-refractivity contribution in [1.29, 1.82) is 0 Å². The lowest BCUT2D eigenvalue weighted by atomic mass is 10.0. The van der Waals surface area contributed by atoms with Crippen molar-refractivity contribution in [2.75, 3.05) is 13.2 Å². The summed E-state index contributed by atoms with van der Waals surface area (Å²) < 4.78 is 5.50. The van der Waals surface area contributed by atoms with Crippen LogP contribution in [0, 0.1) is 0 Å². The first-order valence-corrected chi connectivity index (χ1v) is 41.6. The molecular formula is C84H163NO5. The van der Waals surface area contributed by atoms with Crippen molar-refractivity contribution in [2.24, 2.45) is 0 Å². The van der Waals surface area contributed by atoms with Gasteiger partial charge in [-0.05, 0) is 57.8 Å². The van der Waals surface area contributed by atoms with E-state index < -0.39 is 12.1 Å². The number of amides is 1. The number of hydrogen-bond donors (Lipinski definition) is 3. The Bertz CT molecular complexity index is 1410. The van der Waals surface area contributed by atoms with Crippen molar-refractivity contribution in [3.05, 3.63) is 24.3 Å². The first kappa shape index (κ1) is 88.3. The Labute approximate surface area is 564 Å². The van der Waals surface area contributed by atoms with Gasteiger partial charge in [0, 0.05) is 12.8 Å². The quantitative estimate of drug-likeness (QED) is 0.0320. The van der Waals surface area contributed by atoms with E-state index in [0.29, 0.717) is 19.4 Å². The number of aliphatic hydroxyl groups excluding tert-OH is 2. The van der Waals surface area contributed by atoms with Crippen molar-refractivity contribution in [3.8, 4) is 0 Å². The van der Waals surface area contributed by atoms with Crippen LogP contribution in [0.1, 0.15) is 476 Å². The molecule has 0 heterocycles. The predicted molar refractivity (Wildman–Crippen MR) is 398 cm³/mol. The van der Waals surface area contributed by atoms with Crippen molar-refractivity contribution >= 4 is 11.9 Å². The molecule has 1 amide bonds. The fourth-order valence-electron chi connectivity index (χ4n) is 13.4. The van der Waals surface area contributed by atoms with Crippen LogP contribution in [0.5, 0.6) is 0 Å². The van der Waals surface area contributed by atoms with Gasteiger partial charge >= 0.3 is 5.97 Å². The fraction of sp³-hybridized carbons (Fsp3) is 0.929. The van der Waals surface area contributed by atoms with Gasteiger partial charge in [0.15, 0.2) is 0 Å². The highest BCUT2D eigenvalue weighted by molar-refractivity contribution is 5.76. The van der Waals surface area contributed by atoms with Crippen LogP contribution in [0.15, 0.2) is 24.3 Å². The maximum atomic E-state index is 12.6. The van der Waals surface area contributed by atoms with Crippen LogP contribution in [-0.2, 0) is 14.3 Å². The van der Waals surface area contributed by atoms with Crippen molar-refractivity contribution in [1.82, 2.24) is 5.32 Å². The largest absolute Gasteiger partial charge is 0.466 e. The molecule has 0 aliphatic carbocycles. The molecule has 2 unspecified atom stereocenters. The molecule has 0 aliphatic rings. The molecule has 534 valence electrons. The molecule has 0 aromatic heterocycles. The number of aliphatic hydroxyl groups is 2. The number of nitrogens with one attached hydrogen (secondary N) is 1. The second kappa shape index (κ2) is 79.8. The molecule has 6 heteroatoms. The molecule has 2 atom stereocenters. The van der Waals surface area contributed by atoms with Crippen LogP contribution < -0.4 is 5.32 Å². The van der Waals surface area contributed by atoms with Crippen molar-refractivity contribution in [3.63, 3.8) is 0 Å². The molecule has 0 spiro atoms. The van der Waals surface area contributed by atoms with Crippen LogP contribution in [-0.4, -0.2) is 47.4 Å². The minimum Gasteiger partial charge on any atom is -0.466 e. The maximum absolute atomic E-state index is 12.6. The SMILES string of the molecule is CCCCCCC/C=C\CCCCCCCC(=O)OCCCCCCCCCCCCCCCCCCCCCCCCCCCCCCCCCCCCCCCC(=O)NC(CO)C(O)/C=C/CCCCCCCCCCCCCCCCCCCCCC. The van der Waals surface area contributed by atoms with Gasteiger partial charge < -0.3 is 20.3 Å². The second-order valence-electron chi connectivity index (χ2n) is 28.8. The van der Waals surface area contributed by atoms with E-state index in [1.165, 1.54) is 405 Å². The molecule has 0 saturated carbocycles. The number of hydrogen-bond acceptors (Lipinski definition) is 5. The zero-order valence-electron chi connectivity index (χ0n) is 61.4. The zero-order chi connectivity index (χ0) is 64.9. The minimum atomic E-state index is -0.841. The van der Waals surface area contributed by atoms with Gasteiger partial charge in [0.05, 0.1) is 25.4 Å². The Morgan fingerprint density at radius 1 is 0.300 bits per heavy atom. The first-order chi connectivity index (χ1) is 44.5. The van der Waals surface area contributed by atoms with Gasteiger partial charge in [-0.3, -0.25) is 9.59 Å². The number of allylic oxidation sites excluding steroid dienone is 3. The molecule has 0 radical (unpaired) electrons. The summed E-state index contributed by atoms with van der Waals surface area (Å²) in [5, 5.41) is 23.3. The number of unbranched alkanes of at least 4 members (excludes halogenated alkanes) is 66. The highest BCUT2D eigenvalue weighted by atomic mass is 16.5. The molecule has 90 heavy (non-hydrogen) atoms. The number of esters is 1. The molecule has 3 N–H and O–H groups in total. The Morgan fingerprint density at radius 2 is 0.522 bits per heavy atom. The number of carbonyl (C=O) groups excluding carboxylic acids is 2. The summed E-state index contributed by atoms with van der Waals surface area (Å²) in [7, 11) is 0. The molecular weight excluding hydrogens is 1100 g/mol. The summed E-state index contributed by atoms with van der Waals surface area (Å²) in [4.78, 5) is 24.6. The zero-order valence-corrected chi connectivity index (χ0v) is 61.4. The first-order valence-electron chi connectivity index (χ1n) is 41.6. The van der Waals surface area contributed by atoms with Gasteiger partial charge in [-0.1, -0.05) is 430 Å². The van der Waals surface area contributed by atoms with Gasteiger partial charge in [0.25, 0.3) is 0 Å². The fourth-order valence-corrected chi connectivity index (χ4v) is 13.4. The van der Waals surface area contributed by atoms with Crippen LogP contribution >= 0.6 is 0 Å². The van der Waals surface area contributed by atoms with Gasteiger partial charge in [-0.15, -0.1) is 0 Å². The Balaban J connectivity index is 3.32. The van der Waals surface area contributed by atoms with E-state index in [1.807, 2.05) is 6.08 Å². The van der Waals surface area contributed by atoms with Gasteiger partial charge in [-0.2, -0.15) is 0 Å². The van der Waals surface area contributed by atoms with E-state index in [1.54, 1.807) is 6.08 Å². The molecule has 0 aromatic rings. The van der Waals surface area contributed by atoms with Gasteiger partial charge in [0.2, 0.25) is 5.91 Å². The van der Waals surface area contributed by atoms with Crippen molar-refractivity contribution < 1.29 is 24.5 Å². The summed E-state index contributed by atoms with van der Waals surface area (Å²) >= 11 is 0. The number of ether oxygens (including phenoxy) is 1. The normalized spacial score (nSPS) is 12.5. The second-order valence-corrected chi connectivity index (χ2v) is 28.8. The van der Waals surface area contributed by atoms with E-state index in [4.69, 9.17) is 4.74 Å². The van der Waals surface area contributed by atoms with Crippen LogP contribution in [0.3, 0.4) is 0 Å². The highest BCUT2D eigenvalue weighted by Gasteiger charge is 2.18. The Morgan fingerprint density at radius 3 is 0.789 bits per heavy atom. The topological polar surface area (TPSA) is 95.9 Å². The maximum Gasteiger partial charge on any atom is 0.305 e. The lowest BCUT2D eigenvalue weighted by molar-refractivity contribution is -0.143. The van der Waals surface area contributed by atoms with Crippen LogP contribution in [0.25, 0.3) is 0 Å².